The maximum atomic E-state index is 11.9. The minimum Gasteiger partial charge on any atom is -0.493 e. The van der Waals surface area contributed by atoms with Crippen LogP contribution in [0.1, 0.15) is 49.2 Å². The van der Waals surface area contributed by atoms with Gasteiger partial charge in [0.1, 0.15) is 11.9 Å². The van der Waals surface area contributed by atoms with Crippen molar-refractivity contribution < 1.29 is 19.1 Å². The second-order valence-electron chi connectivity index (χ2n) is 4.81. The molecule has 4 heteroatoms. The Morgan fingerprint density at radius 2 is 2.10 bits per heavy atom. The highest BCUT2D eigenvalue weighted by molar-refractivity contribution is 5.94. The minimum atomic E-state index is -0.361. The molecular weight excluding hydrogens is 256 g/mol. The van der Waals surface area contributed by atoms with E-state index in [1.54, 1.807) is 38.1 Å². The van der Waals surface area contributed by atoms with E-state index in [2.05, 4.69) is 0 Å². The molecular formula is C16H18O4. The molecule has 1 unspecified atom stereocenters. The summed E-state index contributed by atoms with van der Waals surface area (Å²) in [5.74, 6) is 0.323. The molecule has 0 aliphatic carbocycles. The molecule has 0 amide bonds. The molecule has 1 aliphatic heterocycles. The monoisotopic (exact) mass is 274 g/mol. The van der Waals surface area contributed by atoms with Crippen molar-refractivity contribution in [3.63, 3.8) is 0 Å². The molecule has 1 aliphatic rings. The van der Waals surface area contributed by atoms with Gasteiger partial charge in [-0.15, -0.1) is 0 Å². The summed E-state index contributed by atoms with van der Waals surface area (Å²) in [5, 5.41) is 0. The third kappa shape index (κ3) is 2.90. The lowest BCUT2D eigenvalue weighted by Gasteiger charge is -2.26. The topological polar surface area (TPSA) is 52.6 Å². The van der Waals surface area contributed by atoms with Crippen molar-refractivity contribution in [1.82, 2.24) is 0 Å². The average Bonchev–Trinajstić information content (AvgIpc) is 2.46. The molecule has 0 bridgehead atoms. The fraction of sp³-hybridized carbons (Fsp3) is 0.375. The van der Waals surface area contributed by atoms with Crippen molar-refractivity contribution in [1.29, 1.82) is 0 Å². The van der Waals surface area contributed by atoms with Gasteiger partial charge in [0.2, 0.25) is 0 Å². The lowest BCUT2D eigenvalue weighted by Crippen LogP contribution is -2.20. The van der Waals surface area contributed by atoms with E-state index in [-0.39, 0.29) is 17.9 Å². The highest BCUT2D eigenvalue weighted by atomic mass is 16.6. The number of ether oxygens (including phenoxy) is 2. The Hall–Kier alpha value is -2.10. The van der Waals surface area contributed by atoms with Gasteiger partial charge in [0.05, 0.1) is 6.61 Å². The fourth-order valence-electron chi connectivity index (χ4n) is 2.04. The molecule has 106 valence electrons. The third-order valence-corrected chi connectivity index (χ3v) is 3.41. The second-order valence-corrected chi connectivity index (χ2v) is 4.81. The molecule has 1 aromatic rings. The molecule has 0 fully saturated rings. The number of carbonyl (C=O) groups excluding carboxylic acids is 2. The zero-order valence-corrected chi connectivity index (χ0v) is 11.9. The molecule has 0 saturated heterocycles. The number of ketones is 1. The van der Waals surface area contributed by atoms with Crippen LogP contribution in [0.25, 0.3) is 0 Å². The maximum Gasteiger partial charge on any atom is 0.333 e. The van der Waals surface area contributed by atoms with E-state index in [0.717, 1.165) is 5.56 Å². The summed E-state index contributed by atoms with van der Waals surface area (Å²) < 4.78 is 11.0. The zero-order chi connectivity index (χ0) is 14.7. The summed E-state index contributed by atoms with van der Waals surface area (Å²) in [6.07, 6.45) is 1.95. The number of rotatable bonds is 3. The van der Waals surface area contributed by atoms with Gasteiger partial charge in [-0.25, -0.2) is 4.79 Å². The van der Waals surface area contributed by atoms with E-state index in [0.29, 0.717) is 29.9 Å². The van der Waals surface area contributed by atoms with E-state index in [9.17, 15) is 9.59 Å². The molecule has 1 heterocycles. The van der Waals surface area contributed by atoms with Crippen LogP contribution in [-0.2, 0) is 9.53 Å². The maximum absolute atomic E-state index is 11.9. The number of hydrogen-bond acceptors (Lipinski definition) is 4. The van der Waals surface area contributed by atoms with Gasteiger partial charge >= 0.3 is 5.97 Å². The van der Waals surface area contributed by atoms with Crippen LogP contribution in [0.5, 0.6) is 5.75 Å². The highest BCUT2D eigenvalue weighted by Gasteiger charge is 2.26. The minimum absolute atomic E-state index is 0.0203. The highest BCUT2D eigenvalue weighted by Crippen LogP contribution is 2.35. The number of hydrogen-bond donors (Lipinski definition) is 0. The normalized spacial score (nSPS) is 17.9. The van der Waals surface area contributed by atoms with Crippen LogP contribution in [0.3, 0.4) is 0 Å². The van der Waals surface area contributed by atoms with E-state index < -0.39 is 0 Å². The van der Waals surface area contributed by atoms with Crippen molar-refractivity contribution in [3.05, 3.63) is 41.0 Å². The molecule has 0 radical (unpaired) electrons. The SMILES string of the molecule is C/C=C(/C)C(=O)OC1CCOc2ccc(C(C)=O)cc21. The Bertz CT molecular complexity index is 572. The number of esters is 1. The summed E-state index contributed by atoms with van der Waals surface area (Å²) in [6, 6.07) is 5.23. The van der Waals surface area contributed by atoms with Crippen molar-refractivity contribution in [2.24, 2.45) is 0 Å². The molecule has 20 heavy (non-hydrogen) atoms. The fourth-order valence-corrected chi connectivity index (χ4v) is 2.04. The third-order valence-electron chi connectivity index (χ3n) is 3.41. The van der Waals surface area contributed by atoms with E-state index in [1.165, 1.54) is 6.92 Å². The first-order chi connectivity index (χ1) is 9.52. The number of Topliss-reactive ketones (excluding diaryl/α,β-unsaturated/α-hetero) is 1. The lowest BCUT2D eigenvalue weighted by molar-refractivity contribution is -0.145. The molecule has 0 saturated carbocycles. The van der Waals surface area contributed by atoms with Crippen LogP contribution >= 0.6 is 0 Å². The Balaban J connectivity index is 2.29. The van der Waals surface area contributed by atoms with Gasteiger partial charge in [0, 0.05) is 23.1 Å². The van der Waals surface area contributed by atoms with Gasteiger partial charge in [-0.3, -0.25) is 4.79 Å². The summed E-state index contributed by atoms with van der Waals surface area (Å²) in [5.41, 5.74) is 1.93. The standard InChI is InChI=1S/C16H18O4/c1-4-10(2)16(18)20-15-7-8-19-14-6-5-12(11(3)17)9-13(14)15/h4-6,9,15H,7-8H2,1-3H3/b10-4-. The molecule has 1 atom stereocenters. The van der Waals surface area contributed by atoms with Gasteiger partial charge < -0.3 is 9.47 Å². The van der Waals surface area contributed by atoms with Crippen molar-refractivity contribution in [2.75, 3.05) is 6.61 Å². The van der Waals surface area contributed by atoms with E-state index in [1.807, 2.05) is 0 Å². The molecule has 0 aromatic heterocycles. The molecule has 1 aromatic carbocycles. The summed E-state index contributed by atoms with van der Waals surface area (Å²) in [4.78, 5) is 23.3. The van der Waals surface area contributed by atoms with Gasteiger partial charge in [0.25, 0.3) is 0 Å². The van der Waals surface area contributed by atoms with Crippen LogP contribution in [-0.4, -0.2) is 18.4 Å². The zero-order valence-electron chi connectivity index (χ0n) is 11.9. The quantitative estimate of drug-likeness (QED) is 0.482. The van der Waals surface area contributed by atoms with Gasteiger partial charge in [-0.05, 0) is 39.0 Å². The first-order valence-corrected chi connectivity index (χ1v) is 6.64. The molecule has 0 spiro atoms. The van der Waals surface area contributed by atoms with Crippen molar-refractivity contribution >= 4 is 11.8 Å². The lowest BCUT2D eigenvalue weighted by atomic mass is 9.99. The first-order valence-electron chi connectivity index (χ1n) is 6.64. The summed E-state index contributed by atoms with van der Waals surface area (Å²) >= 11 is 0. The largest absolute Gasteiger partial charge is 0.493 e. The van der Waals surface area contributed by atoms with Crippen LogP contribution < -0.4 is 4.74 Å². The Labute approximate surface area is 118 Å². The average molecular weight is 274 g/mol. The number of carbonyl (C=O) groups is 2. The van der Waals surface area contributed by atoms with Crippen molar-refractivity contribution in [2.45, 2.75) is 33.3 Å². The smallest absolute Gasteiger partial charge is 0.333 e. The summed E-state index contributed by atoms with van der Waals surface area (Å²) in [7, 11) is 0. The predicted octanol–water partition coefficient (Wildman–Crippen LogP) is 3.22. The van der Waals surface area contributed by atoms with Crippen LogP contribution in [0.15, 0.2) is 29.8 Å². The molecule has 2 rings (SSSR count). The Kier molecular flexibility index (Phi) is 4.23. The predicted molar refractivity (Wildman–Crippen MR) is 74.8 cm³/mol. The Morgan fingerprint density at radius 1 is 1.35 bits per heavy atom. The van der Waals surface area contributed by atoms with E-state index >= 15 is 0 Å². The van der Waals surface area contributed by atoms with Crippen LogP contribution in [0.2, 0.25) is 0 Å². The summed E-state index contributed by atoms with van der Waals surface area (Å²) in [6.45, 7) is 5.52. The number of allylic oxidation sites excluding steroid dienone is 1. The first kappa shape index (κ1) is 14.3. The van der Waals surface area contributed by atoms with Gasteiger partial charge in [-0.1, -0.05) is 6.08 Å². The number of fused-ring (bicyclic) bond motifs is 1. The molecule has 4 nitrogen and oxygen atoms in total. The Morgan fingerprint density at radius 3 is 2.75 bits per heavy atom. The second kappa shape index (κ2) is 5.90. The van der Waals surface area contributed by atoms with E-state index in [4.69, 9.17) is 9.47 Å². The van der Waals surface area contributed by atoms with Crippen LogP contribution in [0, 0.1) is 0 Å². The van der Waals surface area contributed by atoms with Crippen LogP contribution in [0.4, 0.5) is 0 Å². The van der Waals surface area contributed by atoms with Gasteiger partial charge in [0.15, 0.2) is 5.78 Å². The van der Waals surface area contributed by atoms with Crippen molar-refractivity contribution in [3.8, 4) is 5.75 Å². The number of benzene rings is 1. The molecule has 0 N–H and O–H groups in total. The van der Waals surface area contributed by atoms with Gasteiger partial charge in [-0.2, -0.15) is 0 Å².